The van der Waals surface area contributed by atoms with E-state index in [1.54, 1.807) is 17.4 Å². The summed E-state index contributed by atoms with van der Waals surface area (Å²) in [6, 6.07) is 7.17. The topological polar surface area (TPSA) is 30.2 Å². The maximum absolute atomic E-state index is 13.8. The number of nitrogens with zero attached hydrogens (tertiary/aromatic N) is 3. The number of aryl methyl sites for hydroxylation is 3. The maximum Gasteiger partial charge on any atom is 0.158 e. The summed E-state index contributed by atoms with van der Waals surface area (Å²) in [6.07, 6.45) is 6.56. The molecule has 0 fully saturated rings. The van der Waals surface area contributed by atoms with Crippen molar-refractivity contribution < 1.29 is 4.39 Å². The molecule has 3 heterocycles. The highest BCUT2D eigenvalue weighted by molar-refractivity contribution is 7.22. The number of rotatable bonds is 5. The number of hydrogen-bond donors (Lipinski definition) is 0. The van der Waals surface area contributed by atoms with Crippen LogP contribution < -0.4 is 0 Å². The minimum Gasteiger partial charge on any atom is -0.231 e. The molecule has 0 radical (unpaired) electrons. The van der Waals surface area contributed by atoms with Gasteiger partial charge >= 0.3 is 0 Å². The first-order valence-electron chi connectivity index (χ1n) is 10.1. The molecule has 0 aliphatic rings. The molecule has 0 aliphatic carbocycles. The number of allylic oxidation sites excluding steroid dienone is 2. The van der Waals surface area contributed by atoms with Crippen molar-refractivity contribution in [1.82, 2.24) is 14.6 Å². The van der Waals surface area contributed by atoms with Gasteiger partial charge in [-0.15, -0.1) is 11.3 Å². The highest BCUT2D eigenvalue weighted by Gasteiger charge is 2.22. The van der Waals surface area contributed by atoms with Crippen molar-refractivity contribution in [3.05, 3.63) is 64.7 Å². The van der Waals surface area contributed by atoms with E-state index in [-0.39, 0.29) is 5.82 Å². The third-order valence-electron chi connectivity index (χ3n) is 5.45. The van der Waals surface area contributed by atoms with Crippen molar-refractivity contribution in [2.24, 2.45) is 0 Å². The second-order valence-corrected chi connectivity index (χ2v) is 8.69. The SMILES string of the molecule is CC=CC(CCC)c1cc(C)nn2c(-c3sc4ccc(F)cc4c3C)c(C)nc12. The standard InChI is InChI=1S/C24H26FN3S/c1-6-8-17(9-7-2)20-12-14(3)27-28-22(16(5)26-24(20)28)23-15(4)19-13-18(25)10-11-21(19)29-23/h6,8,10-13,17H,7,9H2,1-5H3. The van der Waals surface area contributed by atoms with Crippen LogP contribution in [0.5, 0.6) is 0 Å². The Labute approximate surface area is 174 Å². The molecule has 0 bridgehead atoms. The summed E-state index contributed by atoms with van der Waals surface area (Å²) >= 11 is 1.68. The van der Waals surface area contributed by atoms with Crippen LogP contribution in [0, 0.1) is 26.6 Å². The highest BCUT2D eigenvalue weighted by atomic mass is 32.1. The first-order chi connectivity index (χ1) is 13.9. The fraction of sp³-hybridized carbons (Fsp3) is 0.333. The summed E-state index contributed by atoms with van der Waals surface area (Å²) in [5, 5.41) is 5.79. The van der Waals surface area contributed by atoms with Crippen molar-refractivity contribution >= 4 is 27.1 Å². The summed E-state index contributed by atoms with van der Waals surface area (Å²) < 4.78 is 16.9. The van der Waals surface area contributed by atoms with Gasteiger partial charge in [-0.05, 0) is 69.3 Å². The van der Waals surface area contributed by atoms with Gasteiger partial charge < -0.3 is 0 Å². The predicted octanol–water partition coefficient (Wildman–Crippen LogP) is 7.14. The van der Waals surface area contributed by atoms with Crippen LogP contribution in [0.1, 0.15) is 55.1 Å². The van der Waals surface area contributed by atoms with Crippen molar-refractivity contribution in [2.45, 2.75) is 53.4 Å². The largest absolute Gasteiger partial charge is 0.231 e. The molecule has 0 aliphatic heterocycles. The Morgan fingerprint density at radius 2 is 2.00 bits per heavy atom. The Morgan fingerprint density at radius 3 is 2.72 bits per heavy atom. The third-order valence-corrected chi connectivity index (χ3v) is 6.73. The van der Waals surface area contributed by atoms with Crippen LogP contribution in [0.3, 0.4) is 0 Å². The zero-order valence-corrected chi connectivity index (χ0v) is 18.4. The second-order valence-electron chi connectivity index (χ2n) is 7.64. The lowest BCUT2D eigenvalue weighted by atomic mass is 9.94. The zero-order chi connectivity index (χ0) is 20.7. The lowest BCUT2D eigenvalue weighted by Crippen LogP contribution is -2.04. The van der Waals surface area contributed by atoms with Crippen LogP contribution in [0.4, 0.5) is 4.39 Å². The van der Waals surface area contributed by atoms with Crippen molar-refractivity contribution in [3.63, 3.8) is 0 Å². The number of hydrogen-bond acceptors (Lipinski definition) is 3. The monoisotopic (exact) mass is 407 g/mol. The first-order valence-corrected chi connectivity index (χ1v) is 10.9. The van der Waals surface area contributed by atoms with Crippen molar-refractivity contribution in [1.29, 1.82) is 0 Å². The lowest BCUT2D eigenvalue weighted by Gasteiger charge is -2.14. The van der Waals surface area contributed by atoms with E-state index in [9.17, 15) is 4.39 Å². The second kappa shape index (κ2) is 7.71. The molecule has 4 rings (SSSR count). The van der Waals surface area contributed by atoms with E-state index in [0.717, 1.165) is 56.1 Å². The predicted molar refractivity (Wildman–Crippen MR) is 120 cm³/mol. The van der Waals surface area contributed by atoms with Gasteiger partial charge in [-0.25, -0.2) is 13.9 Å². The molecule has 0 spiro atoms. The maximum atomic E-state index is 13.8. The Balaban J connectivity index is 2.00. The molecular formula is C24H26FN3S. The highest BCUT2D eigenvalue weighted by Crippen LogP contribution is 2.40. The van der Waals surface area contributed by atoms with Crippen LogP contribution in [0.2, 0.25) is 0 Å². The van der Waals surface area contributed by atoms with Crippen LogP contribution in [0.25, 0.3) is 26.3 Å². The molecule has 1 unspecified atom stereocenters. The average molecular weight is 408 g/mol. The van der Waals surface area contributed by atoms with Gasteiger partial charge in [0.15, 0.2) is 5.65 Å². The summed E-state index contributed by atoms with van der Waals surface area (Å²) in [7, 11) is 0. The van der Waals surface area contributed by atoms with E-state index < -0.39 is 0 Å². The number of halogens is 1. The van der Waals surface area contributed by atoms with Crippen molar-refractivity contribution in [3.8, 4) is 10.6 Å². The van der Waals surface area contributed by atoms with Gasteiger partial charge in [0, 0.05) is 16.2 Å². The van der Waals surface area contributed by atoms with Gasteiger partial charge in [-0.1, -0.05) is 25.5 Å². The van der Waals surface area contributed by atoms with E-state index in [1.165, 1.54) is 11.6 Å². The number of imidazole rings is 1. The Bertz CT molecular complexity index is 1230. The van der Waals surface area contributed by atoms with E-state index in [0.29, 0.717) is 5.92 Å². The van der Waals surface area contributed by atoms with E-state index >= 15 is 0 Å². The molecule has 3 nitrogen and oxygen atoms in total. The van der Waals surface area contributed by atoms with Crippen LogP contribution >= 0.6 is 11.3 Å². The van der Waals surface area contributed by atoms with Gasteiger partial charge in [0.1, 0.15) is 11.5 Å². The summed E-state index contributed by atoms with van der Waals surface area (Å²) in [6.45, 7) is 10.4. The van der Waals surface area contributed by atoms with E-state index in [1.807, 2.05) is 24.4 Å². The summed E-state index contributed by atoms with van der Waals surface area (Å²) in [5.41, 5.74) is 6.16. The summed E-state index contributed by atoms with van der Waals surface area (Å²) in [4.78, 5) is 6.05. The Morgan fingerprint density at radius 1 is 1.21 bits per heavy atom. The molecular weight excluding hydrogens is 381 g/mol. The first kappa shape index (κ1) is 19.8. The molecule has 4 aromatic rings. The number of thiophene rings is 1. The molecule has 150 valence electrons. The minimum absolute atomic E-state index is 0.204. The van der Waals surface area contributed by atoms with Crippen LogP contribution in [0.15, 0.2) is 36.4 Å². The molecule has 5 heteroatoms. The van der Waals surface area contributed by atoms with Gasteiger partial charge in [0.2, 0.25) is 0 Å². The quantitative estimate of drug-likeness (QED) is 0.329. The van der Waals surface area contributed by atoms with Gasteiger partial charge in [-0.3, -0.25) is 0 Å². The zero-order valence-electron chi connectivity index (χ0n) is 17.6. The number of fused-ring (bicyclic) bond motifs is 2. The molecule has 3 aromatic heterocycles. The fourth-order valence-corrected chi connectivity index (χ4v) is 5.40. The molecule has 0 saturated carbocycles. The number of benzene rings is 1. The summed E-state index contributed by atoms with van der Waals surface area (Å²) in [5.74, 6) is 0.117. The lowest BCUT2D eigenvalue weighted by molar-refractivity contribution is 0.630. The Kier molecular flexibility index (Phi) is 5.26. The van der Waals surface area contributed by atoms with Crippen molar-refractivity contribution in [2.75, 3.05) is 0 Å². The fourth-order valence-electron chi connectivity index (χ4n) is 4.13. The third kappa shape index (κ3) is 3.38. The molecule has 1 aromatic carbocycles. The molecule has 0 amide bonds. The molecule has 0 N–H and O–H groups in total. The molecule has 29 heavy (non-hydrogen) atoms. The Hall–Kier alpha value is -2.53. The van der Waals surface area contributed by atoms with Gasteiger partial charge in [0.05, 0.1) is 16.3 Å². The molecule has 0 saturated heterocycles. The smallest absolute Gasteiger partial charge is 0.158 e. The van der Waals surface area contributed by atoms with Gasteiger partial charge in [0.25, 0.3) is 0 Å². The minimum atomic E-state index is -0.204. The molecule has 1 atom stereocenters. The van der Waals surface area contributed by atoms with Crippen LogP contribution in [-0.4, -0.2) is 14.6 Å². The van der Waals surface area contributed by atoms with Gasteiger partial charge in [-0.2, -0.15) is 5.10 Å². The normalized spacial score (nSPS) is 13.2. The van der Waals surface area contributed by atoms with E-state index in [2.05, 4.69) is 39.0 Å². The van der Waals surface area contributed by atoms with E-state index in [4.69, 9.17) is 10.1 Å². The van der Waals surface area contributed by atoms with Crippen LogP contribution in [-0.2, 0) is 0 Å². The number of aromatic nitrogens is 3. The average Bonchev–Trinajstić information content (AvgIpc) is 3.17.